The summed E-state index contributed by atoms with van der Waals surface area (Å²) in [5.74, 6) is -0.426. The zero-order chi connectivity index (χ0) is 25.1. The second kappa shape index (κ2) is 10.2. The molecule has 0 aromatic heterocycles. The van der Waals surface area contributed by atoms with Crippen LogP contribution in [0.5, 0.6) is 11.5 Å². The first kappa shape index (κ1) is 26.4. The van der Waals surface area contributed by atoms with Gasteiger partial charge in [0.25, 0.3) is 10.2 Å². The molecule has 2 N–H and O–H groups in total. The smallest absolute Gasteiger partial charge is 0.281 e. The van der Waals surface area contributed by atoms with E-state index < -0.39 is 42.9 Å². The van der Waals surface area contributed by atoms with Crippen molar-refractivity contribution in [1.82, 2.24) is 14.1 Å². The van der Waals surface area contributed by atoms with E-state index in [1.54, 1.807) is 36.4 Å². The van der Waals surface area contributed by atoms with Gasteiger partial charge in [0, 0.05) is 32.2 Å². The Hall–Kier alpha value is -2.22. The van der Waals surface area contributed by atoms with Gasteiger partial charge in [-0.1, -0.05) is 23.7 Å². The summed E-state index contributed by atoms with van der Waals surface area (Å²) < 4.78 is 58.3. The van der Waals surface area contributed by atoms with Gasteiger partial charge in [0.05, 0.1) is 12.2 Å². The molecule has 1 aliphatic rings. The number of ether oxygens (including phenoxy) is 1. The van der Waals surface area contributed by atoms with Crippen molar-refractivity contribution in [2.24, 2.45) is 0 Å². The van der Waals surface area contributed by atoms with Gasteiger partial charge >= 0.3 is 0 Å². The second-order valence-corrected chi connectivity index (χ2v) is 13.0. The highest BCUT2D eigenvalue weighted by Crippen LogP contribution is 2.41. The van der Waals surface area contributed by atoms with Crippen molar-refractivity contribution in [3.05, 3.63) is 59.1 Å². The monoisotopic (exact) mass is 531 g/mol. The van der Waals surface area contributed by atoms with Gasteiger partial charge in [-0.05, 0) is 48.4 Å². The van der Waals surface area contributed by atoms with Crippen LogP contribution >= 0.6 is 11.6 Å². The van der Waals surface area contributed by atoms with Gasteiger partial charge in [0.2, 0.25) is 5.91 Å². The van der Waals surface area contributed by atoms with Gasteiger partial charge in [-0.3, -0.25) is 10.0 Å². The number of hydrogen-bond acceptors (Lipinski definition) is 7. The minimum absolute atomic E-state index is 0.124. The van der Waals surface area contributed by atoms with Crippen molar-refractivity contribution in [1.29, 1.82) is 0 Å². The Bertz CT molecular complexity index is 1230. The Labute approximate surface area is 204 Å². The lowest BCUT2D eigenvalue weighted by atomic mass is 9.90. The van der Waals surface area contributed by atoms with Crippen LogP contribution in [0.4, 0.5) is 0 Å². The highest BCUT2D eigenvalue weighted by molar-refractivity contribution is 7.92. The van der Waals surface area contributed by atoms with Crippen LogP contribution in [0.1, 0.15) is 18.4 Å². The van der Waals surface area contributed by atoms with Crippen LogP contribution in [0, 0.1) is 0 Å². The number of sulfone groups is 1. The molecule has 3 rings (SSSR count). The van der Waals surface area contributed by atoms with Gasteiger partial charge < -0.3 is 4.74 Å². The number of halogens is 1. The molecule has 186 valence electrons. The fourth-order valence-corrected chi connectivity index (χ4v) is 7.29. The maximum Gasteiger partial charge on any atom is 0.281 e. The van der Waals surface area contributed by atoms with Crippen molar-refractivity contribution >= 4 is 37.6 Å². The van der Waals surface area contributed by atoms with E-state index in [1.165, 1.54) is 31.7 Å². The van der Waals surface area contributed by atoms with Gasteiger partial charge in [0.1, 0.15) is 16.2 Å². The zero-order valence-electron chi connectivity index (χ0n) is 18.6. The molecule has 2 aromatic carbocycles. The highest BCUT2D eigenvalue weighted by Gasteiger charge is 2.49. The van der Waals surface area contributed by atoms with E-state index in [-0.39, 0.29) is 19.5 Å². The molecule has 13 heteroatoms. The Kier molecular flexibility index (Phi) is 7.90. The minimum atomic E-state index is -4.03. The van der Waals surface area contributed by atoms with Crippen molar-refractivity contribution < 1.29 is 31.6 Å². The van der Waals surface area contributed by atoms with E-state index in [0.29, 0.717) is 22.1 Å². The van der Waals surface area contributed by atoms with Crippen LogP contribution in [0.15, 0.2) is 48.5 Å². The molecule has 1 heterocycles. The first-order valence-electron chi connectivity index (χ1n) is 10.3. The SMILES string of the molecule is CN(C)S(=O)(=O)N1CCC(CC(=O)NO)(c2ccc(Oc3ccc(Cl)cc3)cc2)S(=O)(=O)CC1. The van der Waals surface area contributed by atoms with E-state index >= 15 is 0 Å². The van der Waals surface area contributed by atoms with Gasteiger partial charge in [-0.2, -0.15) is 17.0 Å². The number of benzene rings is 2. The highest BCUT2D eigenvalue weighted by atomic mass is 35.5. The molecule has 0 radical (unpaired) electrons. The zero-order valence-corrected chi connectivity index (χ0v) is 21.0. The molecule has 1 atom stereocenters. The Morgan fingerprint density at radius 3 is 2.21 bits per heavy atom. The van der Waals surface area contributed by atoms with Crippen molar-refractivity contribution in [2.75, 3.05) is 32.9 Å². The lowest BCUT2D eigenvalue weighted by molar-refractivity contribution is -0.130. The predicted octanol–water partition coefficient (Wildman–Crippen LogP) is 2.15. The predicted molar refractivity (Wildman–Crippen MR) is 127 cm³/mol. The molecule has 1 unspecified atom stereocenters. The summed E-state index contributed by atoms with van der Waals surface area (Å²) in [6, 6.07) is 12.9. The van der Waals surface area contributed by atoms with Crippen LogP contribution < -0.4 is 10.2 Å². The van der Waals surface area contributed by atoms with Crippen molar-refractivity contribution in [3.8, 4) is 11.5 Å². The maximum absolute atomic E-state index is 13.5. The third kappa shape index (κ3) is 5.37. The molecular formula is C21H26ClN3O7S2. The average Bonchev–Trinajstić information content (AvgIpc) is 2.92. The molecule has 0 saturated carbocycles. The summed E-state index contributed by atoms with van der Waals surface area (Å²) >= 11 is 5.88. The second-order valence-electron chi connectivity index (χ2n) is 8.04. The minimum Gasteiger partial charge on any atom is -0.457 e. The van der Waals surface area contributed by atoms with Crippen LogP contribution in [0.25, 0.3) is 0 Å². The normalized spacial score (nSPS) is 21.1. The number of nitrogens with one attached hydrogen (secondary N) is 1. The molecule has 10 nitrogen and oxygen atoms in total. The molecule has 0 bridgehead atoms. The Morgan fingerprint density at radius 2 is 1.68 bits per heavy atom. The molecule has 2 aromatic rings. The first-order valence-corrected chi connectivity index (χ1v) is 13.7. The summed E-state index contributed by atoms with van der Waals surface area (Å²) in [6.45, 7) is -0.370. The maximum atomic E-state index is 13.5. The van der Waals surface area contributed by atoms with E-state index in [9.17, 15) is 21.6 Å². The Balaban J connectivity index is 1.99. The molecule has 1 fully saturated rings. The Morgan fingerprint density at radius 1 is 1.12 bits per heavy atom. The lowest BCUT2D eigenvalue weighted by Gasteiger charge is -2.32. The van der Waals surface area contributed by atoms with E-state index in [2.05, 4.69) is 0 Å². The number of hydrogen-bond donors (Lipinski definition) is 2. The first-order chi connectivity index (χ1) is 15.9. The summed E-state index contributed by atoms with van der Waals surface area (Å²) in [5, 5.41) is 9.66. The quantitative estimate of drug-likeness (QED) is 0.413. The molecule has 0 aliphatic carbocycles. The largest absolute Gasteiger partial charge is 0.457 e. The fourth-order valence-electron chi connectivity index (χ4n) is 3.84. The van der Waals surface area contributed by atoms with Gasteiger partial charge in [-0.25, -0.2) is 13.9 Å². The molecule has 1 saturated heterocycles. The van der Waals surface area contributed by atoms with Gasteiger partial charge in [-0.15, -0.1) is 0 Å². The number of hydroxylamine groups is 1. The molecule has 1 amide bonds. The van der Waals surface area contributed by atoms with Crippen molar-refractivity contribution in [3.63, 3.8) is 0 Å². The molecule has 1 aliphatic heterocycles. The van der Waals surface area contributed by atoms with Crippen LogP contribution in [-0.2, 0) is 29.6 Å². The van der Waals surface area contributed by atoms with Crippen LogP contribution in [0.2, 0.25) is 5.02 Å². The standard InChI is InChI=1S/C21H26ClN3O7S2/c1-24(2)34(30,31)25-12-11-21(15-20(26)23-27,33(28,29)14-13-25)16-3-7-18(8-4-16)32-19-9-5-17(22)6-10-19/h3-10,27H,11-15H2,1-2H3,(H,23,26). The lowest BCUT2D eigenvalue weighted by Crippen LogP contribution is -2.42. The third-order valence-electron chi connectivity index (χ3n) is 5.76. The van der Waals surface area contributed by atoms with E-state index in [0.717, 1.165) is 8.61 Å². The average molecular weight is 532 g/mol. The summed E-state index contributed by atoms with van der Waals surface area (Å²) in [4.78, 5) is 12.2. The van der Waals surface area contributed by atoms with E-state index in [4.69, 9.17) is 21.5 Å². The molecule has 0 spiro atoms. The topological polar surface area (TPSA) is 133 Å². The van der Waals surface area contributed by atoms with Crippen LogP contribution in [0.3, 0.4) is 0 Å². The summed E-state index contributed by atoms with van der Waals surface area (Å²) in [7, 11) is -5.17. The number of nitrogens with zero attached hydrogens (tertiary/aromatic N) is 2. The number of carbonyl (C=O) groups excluding carboxylic acids is 1. The van der Waals surface area contributed by atoms with Crippen molar-refractivity contribution in [2.45, 2.75) is 17.6 Å². The summed E-state index contributed by atoms with van der Waals surface area (Å²) in [5.41, 5.74) is 1.79. The molecule has 34 heavy (non-hydrogen) atoms. The van der Waals surface area contributed by atoms with Crippen LogP contribution in [-0.4, -0.2) is 69.5 Å². The number of carbonyl (C=O) groups is 1. The molecular weight excluding hydrogens is 506 g/mol. The third-order valence-corrected chi connectivity index (χ3v) is 10.4. The van der Waals surface area contributed by atoms with Gasteiger partial charge in [0.15, 0.2) is 9.84 Å². The fraction of sp³-hybridized carbons (Fsp3) is 0.381. The van der Waals surface area contributed by atoms with E-state index in [1.807, 2.05) is 0 Å². The number of amides is 1. The number of rotatable bonds is 7. The summed E-state index contributed by atoms with van der Waals surface area (Å²) in [6.07, 6.45) is -0.744.